The summed E-state index contributed by atoms with van der Waals surface area (Å²) in [5.74, 6) is 4.66. The molecule has 0 unspecified atom stereocenters. The van der Waals surface area contributed by atoms with E-state index in [1.165, 1.54) is 0 Å². The Labute approximate surface area is 65.8 Å². The highest BCUT2D eigenvalue weighted by Crippen LogP contribution is 2.05. The second-order valence-electron chi connectivity index (χ2n) is 2.03. The van der Waals surface area contributed by atoms with Crippen LogP contribution in [0.25, 0.3) is 5.82 Å². The summed E-state index contributed by atoms with van der Waals surface area (Å²) < 4.78 is 1.77. The Morgan fingerprint density at radius 3 is 3.00 bits per heavy atom. The van der Waals surface area contributed by atoms with Crippen LogP contribution in [0.5, 0.6) is 0 Å². The van der Waals surface area contributed by atoms with Gasteiger partial charge in [0.15, 0.2) is 5.82 Å². The van der Waals surface area contributed by atoms with E-state index in [0.717, 1.165) is 14.0 Å². The van der Waals surface area contributed by atoms with Crippen molar-refractivity contribution in [2.24, 2.45) is 0 Å². The first-order valence-corrected chi connectivity index (χ1v) is 4.26. The van der Waals surface area contributed by atoms with Crippen LogP contribution in [0.3, 0.4) is 0 Å². The Morgan fingerprint density at radius 1 is 1.36 bits per heavy atom. The van der Waals surface area contributed by atoms with Crippen molar-refractivity contribution in [3.05, 3.63) is 36.3 Å². The van der Waals surface area contributed by atoms with Crippen molar-refractivity contribution in [2.75, 3.05) is 0 Å². The van der Waals surface area contributed by atoms with Gasteiger partial charge in [-0.25, -0.2) is 9.67 Å². The summed E-state index contributed by atoms with van der Waals surface area (Å²) in [5.41, 5.74) is 0. The second kappa shape index (κ2) is 2.81. The molecule has 2 aromatic heterocycles. The van der Waals surface area contributed by atoms with Gasteiger partial charge in [-0.2, -0.15) is 5.10 Å². The summed E-state index contributed by atoms with van der Waals surface area (Å²) in [4.78, 5) is 4.14. The summed E-state index contributed by atoms with van der Waals surface area (Å²) in [6, 6.07) is 5.76. The van der Waals surface area contributed by atoms with Gasteiger partial charge in [-0.1, -0.05) is 6.07 Å². The number of pyridine rings is 1. The van der Waals surface area contributed by atoms with E-state index in [2.05, 4.69) is 10.1 Å². The van der Waals surface area contributed by atoms with Crippen molar-refractivity contribution < 1.29 is 0 Å². The lowest BCUT2D eigenvalue weighted by Crippen LogP contribution is -1.95. The average molecular weight is 163 g/mol. The third-order valence-electron chi connectivity index (χ3n) is 1.30. The van der Waals surface area contributed by atoms with Gasteiger partial charge < -0.3 is 0 Å². The molecule has 0 spiro atoms. The Morgan fingerprint density at radius 2 is 2.36 bits per heavy atom. The Bertz CT molecular complexity index is 317. The predicted molar refractivity (Wildman–Crippen MR) is 43.9 cm³/mol. The van der Waals surface area contributed by atoms with Crippen LogP contribution in [0.2, 0.25) is 0 Å². The molecule has 0 aliphatic carbocycles. The number of nitrogens with zero attached hydrogens (tertiary/aromatic N) is 3. The fourth-order valence-electron chi connectivity index (χ4n) is 0.816. The van der Waals surface area contributed by atoms with Crippen LogP contribution in [0.4, 0.5) is 0 Å². The monoisotopic (exact) mass is 163 g/mol. The molecule has 2 aromatic rings. The zero-order chi connectivity index (χ0) is 7.52. The zero-order valence-corrected chi connectivity index (χ0v) is 6.65. The van der Waals surface area contributed by atoms with Crippen molar-refractivity contribution in [3.63, 3.8) is 0 Å². The van der Waals surface area contributed by atoms with Crippen LogP contribution in [-0.2, 0) is 0 Å². The number of hydrogen-bond acceptors (Lipinski definition) is 2. The van der Waals surface area contributed by atoms with E-state index in [1.807, 2.05) is 30.1 Å². The van der Waals surface area contributed by atoms with E-state index < -0.39 is 0 Å². The van der Waals surface area contributed by atoms with Gasteiger partial charge in [0.05, 0.1) is 11.9 Å². The molecule has 0 aliphatic rings. The van der Waals surface area contributed by atoms with Gasteiger partial charge in [0.1, 0.15) is 0 Å². The molecule has 0 saturated heterocycles. The van der Waals surface area contributed by atoms with Crippen molar-refractivity contribution in [3.8, 4) is 5.82 Å². The topological polar surface area (TPSA) is 30.7 Å². The maximum absolute atomic E-state index is 4.14. The molecule has 0 atom stereocenters. The van der Waals surface area contributed by atoms with Crippen molar-refractivity contribution in [1.29, 1.82) is 0 Å². The SMILES string of the molecule is c1ccc(-n2cpcn2)nc1. The maximum atomic E-state index is 4.14. The second-order valence-corrected chi connectivity index (χ2v) is 2.79. The Hall–Kier alpha value is -1.21. The average Bonchev–Trinajstić information content (AvgIpc) is 2.58. The predicted octanol–water partition coefficient (Wildman–Crippen LogP) is 1.85. The third-order valence-corrected chi connectivity index (χ3v) is 1.89. The first-order valence-electron chi connectivity index (χ1n) is 3.23. The van der Waals surface area contributed by atoms with E-state index >= 15 is 0 Å². The smallest absolute Gasteiger partial charge is 0.153 e. The zero-order valence-electron chi connectivity index (χ0n) is 5.75. The van der Waals surface area contributed by atoms with Crippen LogP contribution in [-0.4, -0.2) is 14.8 Å². The lowest BCUT2D eigenvalue weighted by Gasteiger charge is -1.95. The fourth-order valence-corrected chi connectivity index (χ4v) is 1.35. The molecule has 2 heterocycles. The van der Waals surface area contributed by atoms with Gasteiger partial charge in [0, 0.05) is 6.20 Å². The minimum absolute atomic E-state index is 0.869. The molecule has 0 saturated carbocycles. The molecule has 0 radical (unpaired) electrons. The van der Waals surface area contributed by atoms with Crippen LogP contribution >= 0.6 is 8.19 Å². The van der Waals surface area contributed by atoms with E-state index in [9.17, 15) is 0 Å². The molecule has 3 nitrogen and oxygen atoms in total. The number of aromatic nitrogens is 3. The van der Waals surface area contributed by atoms with Gasteiger partial charge >= 0.3 is 0 Å². The largest absolute Gasteiger partial charge is 0.237 e. The molecule has 2 rings (SSSR count). The summed E-state index contributed by atoms with van der Waals surface area (Å²) in [6.07, 6.45) is 1.76. The highest BCUT2D eigenvalue weighted by molar-refractivity contribution is 7.27. The highest BCUT2D eigenvalue weighted by atomic mass is 31.0. The van der Waals surface area contributed by atoms with Crippen molar-refractivity contribution in [2.45, 2.75) is 0 Å². The molecule has 4 heteroatoms. The fraction of sp³-hybridized carbons (Fsp3) is 0. The normalized spacial score (nSPS) is 10.5. The molecular formula is C7H6N3P. The Balaban J connectivity index is 2.46. The molecule has 54 valence electrons. The molecular weight excluding hydrogens is 157 g/mol. The number of hydrogen-bond donors (Lipinski definition) is 0. The molecule has 11 heavy (non-hydrogen) atoms. The molecule has 0 aromatic carbocycles. The van der Waals surface area contributed by atoms with E-state index in [-0.39, 0.29) is 0 Å². The van der Waals surface area contributed by atoms with Crippen LogP contribution in [0, 0.1) is 0 Å². The molecule has 0 bridgehead atoms. The van der Waals surface area contributed by atoms with E-state index in [0.29, 0.717) is 0 Å². The third kappa shape index (κ3) is 1.28. The first kappa shape index (κ1) is 6.50. The quantitative estimate of drug-likeness (QED) is 0.642. The van der Waals surface area contributed by atoms with Crippen LogP contribution < -0.4 is 0 Å². The highest BCUT2D eigenvalue weighted by Gasteiger charge is 1.92. The van der Waals surface area contributed by atoms with Crippen molar-refractivity contribution >= 4 is 8.19 Å². The molecule has 0 fully saturated rings. The summed E-state index contributed by atoms with van der Waals surface area (Å²) >= 11 is 0. The molecule has 0 aliphatic heterocycles. The lowest BCUT2D eigenvalue weighted by atomic mass is 10.5. The van der Waals surface area contributed by atoms with Gasteiger partial charge in [-0.15, -0.1) is 0 Å². The number of rotatable bonds is 1. The van der Waals surface area contributed by atoms with Gasteiger partial charge in [0.2, 0.25) is 0 Å². The van der Waals surface area contributed by atoms with E-state index in [1.54, 1.807) is 10.9 Å². The van der Waals surface area contributed by atoms with Gasteiger partial charge in [-0.3, -0.25) is 0 Å². The van der Waals surface area contributed by atoms with Crippen LogP contribution in [0.1, 0.15) is 0 Å². The lowest BCUT2D eigenvalue weighted by molar-refractivity contribution is 0.848. The van der Waals surface area contributed by atoms with Crippen molar-refractivity contribution in [1.82, 2.24) is 14.8 Å². The maximum Gasteiger partial charge on any atom is 0.153 e. The molecule has 0 amide bonds. The minimum atomic E-state index is 0.869. The van der Waals surface area contributed by atoms with E-state index in [4.69, 9.17) is 0 Å². The first-order chi connectivity index (χ1) is 5.47. The standard InChI is InChI=1S/C7H6N3P/c1-2-4-8-7(3-1)10-6-11-5-9-10/h1-6H. The molecule has 0 N–H and O–H groups in total. The van der Waals surface area contributed by atoms with Gasteiger partial charge in [-0.05, 0) is 20.3 Å². The van der Waals surface area contributed by atoms with Gasteiger partial charge in [0.25, 0.3) is 0 Å². The summed E-state index contributed by atoms with van der Waals surface area (Å²) in [6.45, 7) is 0. The summed E-state index contributed by atoms with van der Waals surface area (Å²) in [5, 5.41) is 4.08. The Kier molecular flexibility index (Phi) is 1.66. The summed E-state index contributed by atoms with van der Waals surface area (Å²) in [7, 11) is 1.12. The van der Waals surface area contributed by atoms with Crippen LogP contribution in [0.15, 0.2) is 36.3 Å². The minimum Gasteiger partial charge on any atom is -0.237 e.